The summed E-state index contributed by atoms with van der Waals surface area (Å²) in [6, 6.07) is 18.3. The molecule has 3 heteroatoms. The molecular formula is C14H17Br2Ru. The van der Waals surface area contributed by atoms with Gasteiger partial charge in [-0.2, -0.15) is 37.3 Å². The first-order valence-corrected chi connectivity index (χ1v) is 7.17. The van der Waals surface area contributed by atoms with E-state index in [-0.39, 0.29) is 19.5 Å². The van der Waals surface area contributed by atoms with Crippen LogP contribution in [0.1, 0.15) is 17.3 Å². The van der Waals surface area contributed by atoms with Crippen molar-refractivity contribution in [1.29, 1.82) is 0 Å². The van der Waals surface area contributed by atoms with Gasteiger partial charge in [-0.05, 0) is 0 Å². The molecule has 17 heavy (non-hydrogen) atoms. The first-order chi connectivity index (χ1) is 7.84. The van der Waals surface area contributed by atoms with Gasteiger partial charge in [0, 0.05) is 10.2 Å². The smallest absolute Gasteiger partial charge is 0.346 e. The van der Waals surface area contributed by atoms with Crippen molar-refractivity contribution in [3.8, 4) is 0 Å². The summed E-state index contributed by atoms with van der Waals surface area (Å²) in [7, 11) is 0. The molecule has 0 spiro atoms. The Kier molecular flexibility index (Phi) is 16.6. The van der Waals surface area contributed by atoms with E-state index in [0.717, 1.165) is 5.33 Å². The summed E-state index contributed by atoms with van der Waals surface area (Å²) in [5.41, 5.74) is 1.34. The molecule has 0 heterocycles. The van der Waals surface area contributed by atoms with Crippen LogP contribution in [0.2, 0.25) is 0 Å². The standard InChI is InChI=1S/C7H7Br2.C5H5.C2H5.Ru/c8-5-7(9)6-3-1-2-4-6;1-2-4-5-3-1;1-2;/h1-4,7H,5H2;1-5H;1H2,2H3;/q3*-1;+3. The molecule has 0 saturated heterocycles. The molecule has 0 nitrogen and oxygen atoms in total. The summed E-state index contributed by atoms with van der Waals surface area (Å²) in [5, 5.41) is 0.969. The second-order valence-electron chi connectivity index (χ2n) is 2.80. The van der Waals surface area contributed by atoms with Gasteiger partial charge in [0.1, 0.15) is 0 Å². The van der Waals surface area contributed by atoms with Crippen molar-refractivity contribution >= 4 is 31.9 Å². The van der Waals surface area contributed by atoms with E-state index in [9.17, 15) is 0 Å². The predicted octanol–water partition coefficient (Wildman–Crippen LogP) is 5.48. The van der Waals surface area contributed by atoms with Crippen molar-refractivity contribution in [2.45, 2.75) is 11.8 Å². The molecule has 0 aliphatic rings. The Morgan fingerprint density at radius 3 is 1.88 bits per heavy atom. The minimum atomic E-state index is 0. The quantitative estimate of drug-likeness (QED) is 0.326. The second-order valence-corrected chi connectivity index (χ2v) is 4.56. The fourth-order valence-electron chi connectivity index (χ4n) is 1.01. The Morgan fingerprint density at radius 1 is 1.12 bits per heavy atom. The molecule has 0 N–H and O–H groups in total. The molecule has 0 saturated carbocycles. The van der Waals surface area contributed by atoms with E-state index < -0.39 is 0 Å². The average molecular weight is 446 g/mol. The zero-order valence-corrected chi connectivity index (χ0v) is 14.7. The van der Waals surface area contributed by atoms with E-state index in [1.807, 2.05) is 42.5 Å². The van der Waals surface area contributed by atoms with Gasteiger partial charge in [-0.25, -0.2) is 24.3 Å². The zero-order valence-electron chi connectivity index (χ0n) is 9.80. The largest absolute Gasteiger partial charge is 3.00 e. The molecule has 0 bridgehead atoms. The molecule has 0 amide bonds. The molecule has 0 aromatic heterocycles. The van der Waals surface area contributed by atoms with Gasteiger partial charge in [-0.3, -0.25) is 0 Å². The van der Waals surface area contributed by atoms with Gasteiger partial charge in [0.2, 0.25) is 0 Å². The van der Waals surface area contributed by atoms with Gasteiger partial charge in [0.15, 0.2) is 0 Å². The zero-order chi connectivity index (χ0) is 12.2. The van der Waals surface area contributed by atoms with Crippen molar-refractivity contribution in [1.82, 2.24) is 0 Å². The van der Waals surface area contributed by atoms with Crippen molar-refractivity contribution in [2.75, 3.05) is 5.33 Å². The summed E-state index contributed by atoms with van der Waals surface area (Å²) in [6.45, 7) is 5.00. The molecule has 2 aromatic rings. The van der Waals surface area contributed by atoms with Crippen LogP contribution < -0.4 is 0 Å². The molecular weight excluding hydrogens is 429 g/mol. The van der Waals surface area contributed by atoms with Crippen LogP contribution in [0.5, 0.6) is 0 Å². The molecule has 0 aliphatic carbocycles. The molecule has 2 aromatic carbocycles. The number of alkyl halides is 2. The third-order valence-electron chi connectivity index (χ3n) is 1.74. The van der Waals surface area contributed by atoms with Crippen LogP contribution in [0.15, 0.2) is 54.6 Å². The Labute approximate surface area is 135 Å². The van der Waals surface area contributed by atoms with Crippen molar-refractivity contribution in [2.24, 2.45) is 0 Å². The molecule has 0 aliphatic heterocycles. The fraction of sp³-hybridized carbons (Fsp3) is 0.214. The molecule has 1 radical (unpaired) electrons. The summed E-state index contributed by atoms with van der Waals surface area (Å²) >= 11 is 6.91. The Morgan fingerprint density at radius 2 is 1.59 bits per heavy atom. The normalized spacial score (nSPS) is 9.88. The van der Waals surface area contributed by atoms with Gasteiger partial charge >= 0.3 is 19.5 Å². The average Bonchev–Trinajstić information content (AvgIpc) is 3.05. The van der Waals surface area contributed by atoms with E-state index in [0.29, 0.717) is 4.83 Å². The summed E-state index contributed by atoms with van der Waals surface area (Å²) in [6.07, 6.45) is 0. The van der Waals surface area contributed by atoms with Crippen LogP contribution >= 0.6 is 31.9 Å². The van der Waals surface area contributed by atoms with Crippen LogP contribution in [0.25, 0.3) is 0 Å². The Bertz CT molecular complexity index is 284. The van der Waals surface area contributed by atoms with Crippen molar-refractivity contribution in [3.63, 3.8) is 0 Å². The van der Waals surface area contributed by atoms with Crippen LogP contribution in [0.4, 0.5) is 0 Å². The third-order valence-corrected chi connectivity index (χ3v) is 4.11. The first-order valence-electron chi connectivity index (χ1n) is 5.13. The predicted molar refractivity (Wildman–Crippen MR) is 80.6 cm³/mol. The number of rotatable bonds is 2. The van der Waals surface area contributed by atoms with E-state index in [1.54, 1.807) is 6.92 Å². The van der Waals surface area contributed by atoms with E-state index in [2.05, 4.69) is 50.9 Å². The fourth-order valence-corrected chi connectivity index (χ4v) is 1.69. The maximum Gasteiger partial charge on any atom is 3.00 e. The molecule has 1 atom stereocenters. The Balaban J connectivity index is 0. The van der Waals surface area contributed by atoms with Gasteiger partial charge < -0.3 is 6.92 Å². The summed E-state index contributed by atoms with van der Waals surface area (Å²) in [5.74, 6) is 0. The van der Waals surface area contributed by atoms with Gasteiger partial charge in [0.05, 0.1) is 0 Å². The minimum Gasteiger partial charge on any atom is -0.346 e. The van der Waals surface area contributed by atoms with E-state index in [4.69, 9.17) is 0 Å². The monoisotopic (exact) mass is 445 g/mol. The van der Waals surface area contributed by atoms with Crippen molar-refractivity contribution in [3.05, 3.63) is 67.1 Å². The molecule has 95 valence electrons. The molecule has 1 unspecified atom stereocenters. The SMILES string of the molecule is BrCC(Br)[c-]1cccc1.[CH2-]C.[Ru+3].c1cc[cH-]c1. The van der Waals surface area contributed by atoms with Crippen LogP contribution in [-0.4, -0.2) is 5.33 Å². The minimum absolute atomic E-state index is 0. The van der Waals surface area contributed by atoms with Gasteiger partial charge in [-0.1, -0.05) is 31.9 Å². The van der Waals surface area contributed by atoms with Crippen LogP contribution in [-0.2, 0) is 19.5 Å². The topological polar surface area (TPSA) is 0 Å². The molecule has 0 fully saturated rings. The second kappa shape index (κ2) is 14.3. The van der Waals surface area contributed by atoms with E-state index >= 15 is 0 Å². The summed E-state index contributed by atoms with van der Waals surface area (Å²) in [4.78, 5) is 0.465. The van der Waals surface area contributed by atoms with E-state index in [1.165, 1.54) is 5.56 Å². The van der Waals surface area contributed by atoms with Crippen LogP contribution in [0.3, 0.4) is 0 Å². The maximum absolute atomic E-state index is 3.52. The van der Waals surface area contributed by atoms with Gasteiger partial charge in [0.25, 0.3) is 0 Å². The molecule has 2 rings (SSSR count). The van der Waals surface area contributed by atoms with Gasteiger partial charge in [-0.15, -0.1) is 5.56 Å². The third kappa shape index (κ3) is 9.94. The number of halogens is 2. The van der Waals surface area contributed by atoms with Crippen LogP contribution in [0, 0.1) is 6.92 Å². The Hall–Kier alpha value is 0.283. The number of hydrogen-bond donors (Lipinski definition) is 0. The summed E-state index contributed by atoms with van der Waals surface area (Å²) < 4.78 is 0. The maximum atomic E-state index is 3.52. The van der Waals surface area contributed by atoms with Crippen molar-refractivity contribution < 1.29 is 19.5 Å². The first kappa shape index (κ1) is 19.6. The number of hydrogen-bond acceptors (Lipinski definition) is 0.